The van der Waals surface area contributed by atoms with Gasteiger partial charge in [-0.3, -0.25) is 4.79 Å². The molecule has 2 aliphatic rings. The van der Waals surface area contributed by atoms with Gasteiger partial charge in [-0.05, 0) is 50.7 Å². The fourth-order valence-corrected chi connectivity index (χ4v) is 4.67. The van der Waals surface area contributed by atoms with Crippen molar-refractivity contribution in [3.8, 4) is 5.75 Å². The molecule has 0 aromatic heterocycles. The SMILES string of the molecule is COCCCOc1cc(F)ccc1C1CNC(=O)CC12CCN(C(=O)OC(C)(C)C)CC2. The van der Waals surface area contributed by atoms with E-state index < -0.39 is 5.60 Å². The van der Waals surface area contributed by atoms with Gasteiger partial charge in [-0.1, -0.05) is 6.07 Å². The van der Waals surface area contributed by atoms with Gasteiger partial charge in [0.25, 0.3) is 0 Å². The summed E-state index contributed by atoms with van der Waals surface area (Å²) in [5.74, 6) is 0.135. The van der Waals surface area contributed by atoms with Crippen LogP contribution >= 0.6 is 0 Å². The second kappa shape index (κ2) is 10.1. The molecule has 0 aliphatic carbocycles. The van der Waals surface area contributed by atoms with E-state index in [1.54, 1.807) is 18.1 Å². The van der Waals surface area contributed by atoms with Crippen molar-refractivity contribution in [2.45, 2.75) is 58.0 Å². The number of carbonyl (C=O) groups excluding carboxylic acids is 2. The molecule has 1 N–H and O–H groups in total. The first kappa shape index (κ1) is 24.3. The summed E-state index contributed by atoms with van der Waals surface area (Å²) in [5, 5.41) is 2.97. The van der Waals surface area contributed by atoms with E-state index in [0.717, 1.165) is 5.56 Å². The number of amides is 2. The molecule has 0 radical (unpaired) electrons. The molecular formula is C24H35FN2O5. The molecule has 2 heterocycles. The number of methoxy groups -OCH3 is 1. The number of nitrogens with zero attached hydrogens (tertiary/aromatic N) is 1. The zero-order valence-electron chi connectivity index (χ0n) is 19.5. The van der Waals surface area contributed by atoms with Crippen LogP contribution in [0.5, 0.6) is 5.75 Å². The summed E-state index contributed by atoms with van der Waals surface area (Å²) < 4.78 is 30.5. The van der Waals surface area contributed by atoms with Gasteiger partial charge < -0.3 is 24.4 Å². The first-order valence-electron chi connectivity index (χ1n) is 11.3. The van der Waals surface area contributed by atoms with Gasteiger partial charge in [0, 0.05) is 58.2 Å². The van der Waals surface area contributed by atoms with Crippen LogP contribution in [0.25, 0.3) is 0 Å². The van der Waals surface area contributed by atoms with Gasteiger partial charge in [0.2, 0.25) is 5.91 Å². The predicted octanol–water partition coefficient (Wildman–Crippen LogP) is 3.86. The highest BCUT2D eigenvalue weighted by atomic mass is 19.1. The second-order valence-corrected chi connectivity index (χ2v) is 9.74. The molecule has 1 aromatic carbocycles. The molecule has 178 valence electrons. The maximum Gasteiger partial charge on any atom is 0.410 e. The molecule has 1 unspecified atom stereocenters. The number of hydrogen-bond donors (Lipinski definition) is 1. The van der Waals surface area contributed by atoms with Gasteiger partial charge in [-0.15, -0.1) is 0 Å². The van der Waals surface area contributed by atoms with Crippen molar-refractivity contribution in [3.63, 3.8) is 0 Å². The number of nitrogens with one attached hydrogen (secondary N) is 1. The van der Waals surface area contributed by atoms with Crippen LogP contribution < -0.4 is 10.1 Å². The summed E-state index contributed by atoms with van der Waals surface area (Å²) in [6.45, 7) is 8.03. The van der Waals surface area contributed by atoms with Crippen LogP contribution in [0.1, 0.15) is 57.9 Å². The molecule has 3 rings (SSSR count). The average Bonchev–Trinajstić information content (AvgIpc) is 2.71. The Bertz CT molecular complexity index is 815. The van der Waals surface area contributed by atoms with Crippen molar-refractivity contribution in [3.05, 3.63) is 29.6 Å². The summed E-state index contributed by atoms with van der Waals surface area (Å²) >= 11 is 0. The van der Waals surface area contributed by atoms with E-state index in [4.69, 9.17) is 14.2 Å². The molecule has 8 heteroatoms. The molecule has 1 atom stereocenters. The first-order valence-corrected chi connectivity index (χ1v) is 11.3. The summed E-state index contributed by atoms with van der Waals surface area (Å²) in [5.41, 5.74) is 0.0286. The summed E-state index contributed by atoms with van der Waals surface area (Å²) in [6, 6.07) is 4.63. The van der Waals surface area contributed by atoms with Gasteiger partial charge in [-0.2, -0.15) is 0 Å². The van der Waals surface area contributed by atoms with Crippen LogP contribution in [0.4, 0.5) is 9.18 Å². The standard InChI is InChI=1S/C24H35FN2O5/c1-23(2,3)32-22(29)27-10-8-24(9-11-27)15-21(28)26-16-19(24)18-7-6-17(25)14-20(18)31-13-5-12-30-4/h6-7,14,19H,5,8-13,15-16H2,1-4H3,(H,26,28). The normalized spacial score (nSPS) is 20.7. The number of rotatable bonds is 6. The topological polar surface area (TPSA) is 77.1 Å². The van der Waals surface area contributed by atoms with Gasteiger partial charge >= 0.3 is 6.09 Å². The molecule has 2 amide bonds. The minimum atomic E-state index is -0.553. The zero-order chi connectivity index (χ0) is 23.4. The molecule has 0 bridgehead atoms. The Morgan fingerprint density at radius 3 is 2.62 bits per heavy atom. The molecule has 2 aliphatic heterocycles. The van der Waals surface area contributed by atoms with Crippen molar-refractivity contribution in [2.24, 2.45) is 5.41 Å². The highest BCUT2D eigenvalue weighted by molar-refractivity contribution is 5.78. The van der Waals surface area contributed by atoms with E-state index in [0.29, 0.717) is 64.3 Å². The Morgan fingerprint density at radius 1 is 1.25 bits per heavy atom. The lowest BCUT2D eigenvalue weighted by molar-refractivity contribution is -0.128. The zero-order valence-corrected chi connectivity index (χ0v) is 19.5. The highest BCUT2D eigenvalue weighted by Gasteiger charge is 2.48. The van der Waals surface area contributed by atoms with E-state index in [9.17, 15) is 14.0 Å². The van der Waals surface area contributed by atoms with Crippen LogP contribution in [-0.4, -0.2) is 62.5 Å². The fourth-order valence-electron chi connectivity index (χ4n) is 4.67. The number of carbonyl (C=O) groups is 2. The Hall–Kier alpha value is -2.35. The van der Waals surface area contributed by atoms with Gasteiger partial charge in [0.15, 0.2) is 0 Å². The summed E-state index contributed by atoms with van der Waals surface area (Å²) in [7, 11) is 1.63. The average molecular weight is 451 g/mol. The molecule has 2 saturated heterocycles. The Balaban J connectivity index is 1.79. The molecular weight excluding hydrogens is 415 g/mol. The van der Waals surface area contributed by atoms with Crippen molar-refractivity contribution in [1.29, 1.82) is 0 Å². The van der Waals surface area contributed by atoms with E-state index in [1.165, 1.54) is 12.1 Å². The molecule has 32 heavy (non-hydrogen) atoms. The predicted molar refractivity (Wildman–Crippen MR) is 118 cm³/mol. The first-order chi connectivity index (χ1) is 15.1. The van der Waals surface area contributed by atoms with E-state index in [-0.39, 0.29) is 29.2 Å². The lowest BCUT2D eigenvalue weighted by Gasteiger charge is -2.49. The van der Waals surface area contributed by atoms with Crippen molar-refractivity contribution < 1.29 is 28.2 Å². The smallest absolute Gasteiger partial charge is 0.410 e. The Labute approximate surface area is 189 Å². The number of hydrogen-bond acceptors (Lipinski definition) is 5. The van der Waals surface area contributed by atoms with Crippen LogP contribution in [0, 0.1) is 11.2 Å². The fraction of sp³-hybridized carbons (Fsp3) is 0.667. The molecule has 1 spiro atoms. The monoisotopic (exact) mass is 450 g/mol. The Morgan fingerprint density at radius 2 is 1.97 bits per heavy atom. The quantitative estimate of drug-likeness (QED) is 0.666. The van der Waals surface area contributed by atoms with Gasteiger partial charge in [-0.25, -0.2) is 9.18 Å². The number of piperidine rings is 2. The van der Waals surface area contributed by atoms with Crippen LogP contribution in [-0.2, 0) is 14.3 Å². The number of halogens is 1. The van der Waals surface area contributed by atoms with Crippen LogP contribution in [0.2, 0.25) is 0 Å². The summed E-state index contributed by atoms with van der Waals surface area (Å²) in [6.07, 6.45) is 2.09. The maximum atomic E-state index is 14.0. The van der Waals surface area contributed by atoms with Crippen molar-refractivity contribution in [1.82, 2.24) is 10.2 Å². The lowest BCUT2D eigenvalue weighted by atomic mass is 9.62. The number of likely N-dealkylation sites (tertiary alicyclic amines) is 1. The van der Waals surface area contributed by atoms with E-state index in [2.05, 4.69) is 5.32 Å². The molecule has 1 aromatic rings. The lowest BCUT2D eigenvalue weighted by Crippen LogP contribution is -2.53. The number of ether oxygens (including phenoxy) is 3. The third-order valence-corrected chi connectivity index (χ3v) is 6.27. The maximum absolute atomic E-state index is 14.0. The van der Waals surface area contributed by atoms with Gasteiger partial charge in [0.05, 0.1) is 6.61 Å². The van der Waals surface area contributed by atoms with E-state index >= 15 is 0 Å². The minimum Gasteiger partial charge on any atom is -0.493 e. The number of benzene rings is 1. The molecule has 7 nitrogen and oxygen atoms in total. The summed E-state index contributed by atoms with van der Waals surface area (Å²) in [4.78, 5) is 26.6. The van der Waals surface area contributed by atoms with Gasteiger partial charge in [0.1, 0.15) is 17.2 Å². The third-order valence-electron chi connectivity index (χ3n) is 6.27. The highest BCUT2D eigenvalue weighted by Crippen LogP contribution is 2.50. The Kier molecular flexibility index (Phi) is 7.64. The second-order valence-electron chi connectivity index (χ2n) is 9.74. The van der Waals surface area contributed by atoms with Crippen LogP contribution in [0.3, 0.4) is 0 Å². The minimum absolute atomic E-state index is 0.0108. The molecule has 2 fully saturated rings. The van der Waals surface area contributed by atoms with Crippen LogP contribution in [0.15, 0.2) is 18.2 Å². The van der Waals surface area contributed by atoms with Crippen molar-refractivity contribution >= 4 is 12.0 Å². The largest absolute Gasteiger partial charge is 0.493 e. The third kappa shape index (κ3) is 5.91. The van der Waals surface area contributed by atoms with E-state index in [1.807, 2.05) is 20.8 Å². The van der Waals surface area contributed by atoms with Crippen molar-refractivity contribution in [2.75, 3.05) is 40.0 Å². The molecule has 0 saturated carbocycles.